The highest BCUT2D eigenvalue weighted by Crippen LogP contribution is 2.16. The highest BCUT2D eigenvalue weighted by atomic mass is 16.5. The van der Waals surface area contributed by atoms with Crippen molar-refractivity contribution in [2.24, 2.45) is 14.1 Å². The zero-order valence-corrected chi connectivity index (χ0v) is 15.4. The Kier molecular flexibility index (Phi) is 5.11. The van der Waals surface area contributed by atoms with Gasteiger partial charge < -0.3 is 10.1 Å². The van der Waals surface area contributed by atoms with Crippen LogP contribution in [0.2, 0.25) is 0 Å². The number of ether oxygens (including phenoxy) is 1. The molecule has 27 heavy (non-hydrogen) atoms. The van der Waals surface area contributed by atoms with Gasteiger partial charge in [-0.05, 0) is 12.5 Å². The highest BCUT2D eigenvalue weighted by molar-refractivity contribution is 5.78. The van der Waals surface area contributed by atoms with Gasteiger partial charge in [-0.25, -0.2) is 4.79 Å². The van der Waals surface area contributed by atoms with Crippen LogP contribution < -0.4 is 16.6 Å². The lowest BCUT2D eigenvalue weighted by atomic mass is 10.2. The number of imidazole rings is 1. The molecule has 0 saturated carbocycles. The van der Waals surface area contributed by atoms with E-state index < -0.39 is 17.2 Å². The van der Waals surface area contributed by atoms with Gasteiger partial charge in [-0.3, -0.25) is 23.3 Å². The Bertz CT molecular complexity index is 1090. The van der Waals surface area contributed by atoms with Crippen molar-refractivity contribution in [2.75, 3.05) is 11.9 Å². The van der Waals surface area contributed by atoms with Crippen LogP contribution in [0, 0.1) is 0 Å². The minimum atomic E-state index is -0.516. The van der Waals surface area contributed by atoms with Crippen molar-refractivity contribution in [3.63, 3.8) is 0 Å². The molecule has 0 spiro atoms. The molecule has 0 amide bonds. The molecule has 1 N–H and O–H groups in total. The predicted molar refractivity (Wildman–Crippen MR) is 101 cm³/mol. The molecule has 0 saturated heterocycles. The first-order valence-corrected chi connectivity index (χ1v) is 8.53. The topological polar surface area (TPSA) is 100 Å². The third kappa shape index (κ3) is 3.48. The summed E-state index contributed by atoms with van der Waals surface area (Å²) in [5.41, 5.74) is 0.390. The first kappa shape index (κ1) is 18.4. The molecular formula is C18H21N5O4. The fourth-order valence-electron chi connectivity index (χ4n) is 2.85. The lowest BCUT2D eigenvalue weighted by molar-refractivity contribution is -0.143. The number of rotatable bonds is 6. The highest BCUT2D eigenvalue weighted by Gasteiger charge is 2.21. The van der Waals surface area contributed by atoms with Crippen molar-refractivity contribution >= 4 is 23.1 Å². The van der Waals surface area contributed by atoms with Crippen LogP contribution in [0.4, 0.5) is 5.95 Å². The van der Waals surface area contributed by atoms with Crippen LogP contribution in [-0.4, -0.2) is 31.3 Å². The number of aryl methyl sites for hydroxylation is 1. The molecule has 0 unspecified atom stereocenters. The number of fused-ring (bicyclic) bond motifs is 1. The van der Waals surface area contributed by atoms with Gasteiger partial charge in [0.05, 0.1) is 6.61 Å². The zero-order valence-electron chi connectivity index (χ0n) is 15.4. The van der Waals surface area contributed by atoms with E-state index in [4.69, 9.17) is 4.74 Å². The molecule has 2 heterocycles. The van der Waals surface area contributed by atoms with Gasteiger partial charge in [0, 0.05) is 20.6 Å². The summed E-state index contributed by atoms with van der Waals surface area (Å²) in [5.74, 6) is -0.171. The lowest BCUT2D eigenvalue weighted by Crippen LogP contribution is -2.37. The molecule has 0 radical (unpaired) electrons. The summed E-state index contributed by atoms with van der Waals surface area (Å²) in [4.78, 5) is 41.3. The molecular weight excluding hydrogens is 350 g/mol. The molecule has 2 aromatic heterocycles. The Morgan fingerprint density at radius 2 is 1.85 bits per heavy atom. The van der Waals surface area contributed by atoms with Crippen LogP contribution in [0.5, 0.6) is 0 Å². The zero-order chi connectivity index (χ0) is 19.6. The van der Waals surface area contributed by atoms with Crippen LogP contribution in [0.1, 0.15) is 12.5 Å². The molecule has 9 nitrogen and oxygen atoms in total. The Morgan fingerprint density at radius 1 is 1.15 bits per heavy atom. The molecule has 0 fully saturated rings. The van der Waals surface area contributed by atoms with Crippen molar-refractivity contribution in [1.82, 2.24) is 18.7 Å². The van der Waals surface area contributed by atoms with Crippen molar-refractivity contribution in [3.8, 4) is 0 Å². The fraction of sp³-hybridized carbons (Fsp3) is 0.333. The van der Waals surface area contributed by atoms with E-state index in [0.29, 0.717) is 12.5 Å². The second-order valence-corrected chi connectivity index (χ2v) is 6.04. The maximum atomic E-state index is 12.7. The molecule has 0 aliphatic carbocycles. The van der Waals surface area contributed by atoms with E-state index in [-0.39, 0.29) is 24.3 Å². The number of carbonyl (C=O) groups excluding carboxylic acids is 1. The SMILES string of the molecule is CCOC(=O)Cn1c(NCc2ccccc2)nc2c1c(=O)n(C)c(=O)n2C. The fourth-order valence-corrected chi connectivity index (χ4v) is 2.85. The number of hydrogen-bond acceptors (Lipinski definition) is 6. The van der Waals surface area contributed by atoms with E-state index in [0.717, 1.165) is 10.1 Å². The van der Waals surface area contributed by atoms with E-state index in [1.54, 1.807) is 6.92 Å². The molecule has 1 aromatic carbocycles. The van der Waals surface area contributed by atoms with Crippen molar-refractivity contribution in [3.05, 3.63) is 56.7 Å². The molecule has 3 rings (SSSR count). The number of carbonyl (C=O) groups is 1. The second-order valence-electron chi connectivity index (χ2n) is 6.04. The van der Waals surface area contributed by atoms with Gasteiger partial charge in [-0.15, -0.1) is 0 Å². The molecule has 0 atom stereocenters. The Morgan fingerprint density at radius 3 is 2.52 bits per heavy atom. The minimum absolute atomic E-state index is 0.170. The largest absolute Gasteiger partial charge is 0.465 e. The average molecular weight is 371 g/mol. The van der Waals surface area contributed by atoms with E-state index >= 15 is 0 Å². The van der Waals surface area contributed by atoms with E-state index in [1.807, 2.05) is 30.3 Å². The molecule has 0 aliphatic heterocycles. The third-order valence-corrected chi connectivity index (χ3v) is 4.23. The molecule has 0 aliphatic rings. The van der Waals surface area contributed by atoms with Crippen LogP contribution in [0.15, 0.2) is 39.9 Å². The third-order valence-electron chi connectivity index (χ3n) is 4.23. The van der Waals surface area contributed by atoms with Gasteiger partial charge in [-0.2, -0.15) is 4.98 Å². The van der Waals surface area contributed by atoms with E-state index in [9.17, 15) is 14.4 Å². The van der Waals surface area contributed by atoms with E-state index in [2.05, 4.69) is 10.3 Å². The van der Waals surface area contributed by atoms with E-state index in [1.165, 1.54) is 23.2 Å². The van der Waals surface area contributed by atoms with Gasteiger partial charge in [-0.1, -0.05) is 30.3 Å². The van der Waals surface area contributed by atoms with Gasteiger partial charge >= 0.3 is 11.7 Å². The number of anilines is 1. The molecule has 3 aromatic rings. The smallest absolute Gasteiger partial charge is 0.332 e. The van der Waals surface area contributed by atoms with Gasteiger partial charge in [0.1, 0.15) is 6.54 Å². The lowest BCUT2D eigenvalue weighted by Gasteiger charge is -2.10. The van der Waals surface area contributed by atoms with Crippen LogP contribution in [0.25, 0.3) is 11.2 Å². The number of hydrogen-bond donors (Lipinski definition) is 1. The number of nitrogens with zero attached hydrogens (tertiary/aromatic N) is 4. The van der Waals surface area contributed by atoms with Crippen molar-refractivity contribution in [2.45, 2.75) is 20.0 Å². The summed E-state index contributed by atoms with van der Waals surface area (Å²) in [5, 5.41) is 3.14. The van der Waals surface area contributed by atoms with Gasteiger partial charge in [0.2, 0.25) is 5.95 Å². The predicted octanol–water partition coefficient (Wildman–Crippen LogP) is 0.609. The maximum absolute atomic E-state index is 12.7. The Hall–Kier alpha value is -3.36. The minimum Gasteiger partial charge on any atom is -0.465 e. The summed E-state index contributed by atoms with van der Waals surface area (Å²) in [6.07, 6.45) is 0. The van der Waals surface area contributed by atoms with Crippen molar-refractivity contribution in [1.29, 1.82) is 0 Å². The summed E-state index contributed by atoms with van der Waals surface area (Å²) < 4.78 is 8.75. The first-order chi connectivity index (χ1) is 12.9. The summed E-state index contributed by atoms with van der Waals surface area (Å²) >= 11 is 0. The van der Waals surface area contributed by atoms with Crippen LogP contribution in [0.3, 0.4) is 0 Å². The van der Waals surface area contributed by atoms with Gasteiger partial charge in [0.25, 0.3) is 5.56 Å². The Labute approximate surface area is 154 Å². The normalized spacial score (nSPS) is 10.9. The van der Waals surface area contributed by atoms with Gasteiger partial charge in [0.15, 0.2) is 11.2 Å². The maximum Gasteiger partial charge on any atom is 0.332 e. The number of benzene rings is 1. The number of aromatic nitrogens is 4. The quantitative estimate of drug-likeness (QED) is 0.637. The van der Waals surface area contributed by atoms with Crippen molar-refractivity contribution < 1.29 is 9.53 Å². The van der Waals surface area contributed by atoms with Crippen LogP contribution >= 0.6 is 0 Å². The summed E-state index contributed by atoms with van der Waals surface area (Å²) in [6, 6.07) is 9.63. The molecule has 142 valence electrons. The number of nitrogens with one attached hydrogen (secondary N) is 1. The second kappa shape index (κ2) is 7.48. The Balaban J connectivity index is 2.11. The molecule has 0 bridgehead atoms. The first-order valence-electron chi connectivity index (χ1n) is 8.53. The summed E-state index contributed by atoms with van der Waals surface area (Å²) in [6.45, 7) is 2.20. The average Bonchev–Trinajstić information content (AvgIpc) is 3.02. The summed E-state index contributed by atoms with van der Waals surface area (Å²) in [7, 11) is 2.93. The number of esters is 1. The van der Waals surface area contributed by atoms with Crippen LogP contribution in [-0.2, 0) is 36.7 Å². The molecule has 9 heteroatoms. The monoisotopic (exact) mass is 371 g/mol. The standard InChI is InChI=1S/C18H21N5O4/c1-4-27-13(24)11-23-14-15(21(2)18(26)22(3)16(14)25)20-17(23)19-10-12-8-6-5-7-9-12/h5-9H,4,10-11H2,1-3H3,(H,19,20).